The SMILES string of the molecule is CC(C)(C)c1ccccc1-c1nc2ccc(N)cc2s1. The lowest BCUT2D eigenvalue weighted by Crippen LogP contribution is -2.12. The third-order valence-electron chi connectivity index (χ3n) is 3.38. The van der Waals surface area contributed by atoms with Gasteiger partial charge in [0, 0.05) is 11.3 Å². The molecule has 2 aromatic carbocycles. The molecule has 1 aromatic heterocycles. The van der Waals surface area contributed by atoms with Crippen LogP contribution in [0, 0.1) is 0 Å². The molecule has 3 rings (SSSR count). The van der Waals surface area contributed by atoms with E-state index in [0.717, 1.165) is 20.9 Å². The Morgan fingerprint density at radius 1 is 1.05 bits per heavy atom. The normalized spacial score (nSPS) is 11.9. The van der Waals surface area contributed by atoms with Gasteiger partial charge in [-0.2, -0.15) is 0 Å². The number of hydrogen-bond acceptors (Lipinski definition) is 3. The van der Waals surface area contributed by atoms with Gasteiger partial charge < -0.3 is 5.73 Å². The highest BCUT2D eigenvalue weighted by molar-refractivity contribution is 7.21. The fourth-order valence-corrected chi connectivity index (χ4v) is 3.43. The summed E-state index contributed by atoms with van der Waals surface area (Å²) in [5, 5.41) is 1.07. The minimum Gasteiger partial charge on any atom is -0.399 e. The van der Waals surface area contributed by atoms with Crippen molar-refractivity contribution in [2.24, 2.45) is 0 Å². The molecule has 0 atom stereocenters. The molecule has 0 aliphatic heterocycles. The largest absolute Gasteiger partial charge is 0.399 e. The van der Waals surface area contributed by atoms with Gasteiger partial charge in [-0.15, -0.1) is 11.3 Å². The Hall–Kier alpha value is -1.87. The summed E-state index contributed by atoms with van der Waals surface area (Å²) in [5.41, 5.74) is 10.3. The Morgan fingerprint density at radius 2 is 1.80 bits per heavy atom. The third-order valence-corrected chi connectivity index (χ3v) is 4.43. The highest BCUT2D eigenvalue weighted by Gasteiger charge is 2.20. The lowest BCUT2D eigenvalue weighted by Gasteiger charge is -2.21. The molecule has 0 unspecified atom stereocenters. The molecule has 0 fully saturated rings. The van der Waals surface area contributed by atoms with Crippen LogP contribution in [0.2, 0.25) is 0 Å². The van der Waals surface area contributed by atoms with Crippen LogP contribution in [-0.4, -0.2) is 4.98 Å². The maximum absolute atomic E-state index is 5.85. The molecule has 3 heteroatoms. The van der Waals surface area contributed by atoms with Crippen molar-refractivity contribution >= 4 is 27.2 Å². The van der Waals surface area contributed by atoms with E-state index in [2.05, 4.69) is 45.0 Å². The van der Waals surface area contributed by atoms with Crippen molar-refractivity contribution in [1.29, 1.82) is 0 Å². The number of rotatable bonds is 1. The fourth-order valence-electron chi connectivity index (χ4n) is 2.38. The van der Waals surface area contributed by atoms with Crippen LogP contribution in [0.4, 0.5) is 5.69 Å². The van der Waals surface area contributed by atoms with E-state index < -0.39 is 0 Å². The molecule has 3 aromatic rings. The van der Waals surface area contributed by atoms with Crippen molar-refractivity contribution in [3.05, 3.63) is 48.0 Å². The van der Waals surface area contributed by atoms with Crippen molar-refractivity contribution in [2.45, 2.75) is 26.2 Å². The van der Waals surface area contributed by atoms with Crippen molar-refractivity contribution in [3.63, 3.8) is 0 Å². The number of nitrogens with two attached hydrogens (primary N) is 1. The summed E-state index contributed by atoms with van der Waals surface area (Å²) in [7, 11) is 0. The lowest BCUT2D eigenvalue weighted by atomic mass is 9.84. The molecule has 0 radical (unpaired) electrons. The topological polar surface area (TPSA) is 38.9 Å². The summed E-state index contributed by atoms with van der Waals surface area (Å²) in [5.74, 6) is 0. The van der Waals surface area contributed by atoms with Crippen LogP contribution in [-0.2, 0) is 5.41 Å². The number of aromatic nitrogens is 1. The first-order valence-electron chi connectivity index (χ1n) is 6.71. The van der Waals surface area contributed by atoms with E-state index in [9.17, 15) is 0 Å². The average Bonchev–Trinajstić information content (AvgIpc) is 2.80. The zero-order valence-electron chi connectivity index (χ0n) is 12.0. The number of nitrogen functional groups attached to an aromatic ring is 1. The minimum absolute atomic E-state index is 0.105. The Labute approximate surface area is 123 Å². The third kappa shape index (κ3) is 2.29. The van der Waals surface area contributed by atoms with Gasteiger partial charge in [0.2, 0.25) is 0 Å². The second-order valence-electron chi connectivity index (χ2n) is 6.04. The first-order chi connectivity index (χ1) is 9.45. The van der Waals surface area contributed by atoms with Crippen molar-refractivity contribution < 1.29 is 0 Å². The molecule has 0 bridgehead atoms. The Bertz CT molecular complexity index is 766. The predicted molar refractivity (Wildman–Crippen MR) is 88.2 cm³/mol. The molecular weight excluding hydrogens is 264 g/mol. The second-order valence-corrected chi connectivity index (χ2v) is 7.07. The maximum atomic E-state index is 5.85. The summed E-state index contributed by atoms with van der Waals surface area (Å²) in [6.45, 7) is 6.70. The molecule has 0 saturated carbocycles. The average molecular weight is 282 g/mol. The van der Waals surface area contributed by atoms with Gasteiger partial charge in [-0.25, -0.2) is 4.98 Å². The van der Waals surface area contributed by atoms with Crippen LogP contribution < -0.4 is 5.73 Å². The number of nitrogens with zero attached hydrogens (tertiary/aromatic N) is 1. The van der Waals surface area contributed by atoms with E-state index in [0.29, 0.717) is 0 Å². The number of fused-ring (bicyclic) bond motifs is 1. The van der Waals surface area contributed by atoms with Crippen LogP contribution >= 0.6 is 11.3 Å². The molecule has 1 heterocycles. The van der Waals surface area contributed by atoms with E-state index in [1.807, 2.05) is 18.2 Å². The zero-order valence-corrected chi connectivity index (χ0v) is 12.8. The van der Waals surface area contributed by atoms with Crippen molar-refractivity contribution in [2.75, 3.05) is 5.73 Å². The Kier molecular flexibility index (Phi) is 3.02. The zero-order chi connectivity index (χ0) is 14.3. The van der Waals surface area contributed by atoms with Crippen LogP contribution in [0.15, 0.2) is 42.5 Å². The van der Waals surface area contributed by atoms with Gasteiger partial charge in [-0.1, -0.05) is 45.0 Å². The van der Waals surface area contributed by atoms with Gasteiger partial charge in [0.15, 0.2) is 0 Å². The molecule has 0 spiro atoms. The highest BCUT2D eigenvalue weighted by Crippen LogP contribution is 2.37. The molecule has 2 N–H and O–H groups in total. The maximum Gasteiger partial charge on any atom is 0.124 e. The molecule has 2 nitrogen and oxygen atoms in total. The van der Waals surface area contributed by atoms with E-state index in [-0.39, 0.29) is 5.41 Å². The van der Waals surface area contributed by atoms with Gasteiger partial charge >= 0.3 is 0 Å². The van der Waals surface area contributed by atoms with E-state index >= 15 is 0 Å². The summed E-state index contributed by atoms with van der Waals surface area (Å²) >= 11 is 1.70. The van der Waals surface area contributed by atoms with E-state index in [1.54, 1.807) is 11.3 Å². The Balaban J connectivity index is 2.21. The fraction of sp³-hybridized carbons (Fsp3) is 0.235. The van der Waals surface area contributed by atoms with Crippen molar-refractivity contribution in [3.8, 4) is 10.6 Å². The number of hydrogen-bond donors (Lipinski definition) is 1. The molecule has 0 aliphatic rings. The van der Waals surface area contributed by atoms with Gasteiger partial charge in [0.1, 0.15) is 5.01 Å². The summed E-state index contributed by atoms with van der Waals surface area (Å²) in [6.07, 6.45) is 0. The van der Waals surface area contributed by atoms with Gasteiger partial charge in [-0.3, -0.25) is 0 Å². The first-order valence-corrected chi connectivity index (χ1v) is 7.53. The van der Waals surface area contributed by atoms with Crippen LogP contribution in [0.25, 0.3) is 20.8 Å². The summed E-state index contributed by atoms with van der Waals surface area (Å²) < 4.78 is 1.14. The monoisotopic (exact) mass is 282 g/mol. The quantitative estimate of drug-likeness (QED) is 0.648. The molecular formula is C17H18N2S. The summed E-state index contributed by atoms with van der Waals surface area (Å²) in [6, 6.07) is 14.4. The predicted octanol–water partition coefficient (Wildman–Crippen LogP) is 4.84. The van der Waals surface area contributed by atoms with Crippen molar-refractivity contribution in [1.82, 2.24) is 4.98 Å². The Morgan fingerprint density at radius 3 is 2.55 bits per heavy atom. The van der Waals surface area contributed by atoms with Crippen LogP contribution in [0.3, 0.4) is 0 Å². The standard InChI is InChI=1S/C17H18N2S/c1-17(2,3)13-7-5-4-6-12(13)16-19-14-9-8-11(18)10-15(14)20-16/h4-10H,18H2,1-3H3. The van der Waals surface area contributed by atoms with Gasteiger partial charge in [0.25, 0.3) is 0 Å². The lowest BCUT2D eigenvalue weighted by molar-refractivity contribution is 0.592. The number of thiazole rings is 1. The molecule has 0 aliphatic carbocycles. The molecule has 20 heavy (non-hydrogen) atoms. The smallest absolute Gasteiger partial charge is 0.124 e. The van der Waals surface area contributed by atoms with E-state index in [1.165, 1.54) is 11.1 Å². The molecule has 0 amide bonds. The van der Waals surface area contributed by atoms with Crippen LogP contribution in [0.5, 0.6) is 0 Å². The molecule has 0 saturated heterocycles. The summed E-state index contributed by atoms with van der Waals surface area (Å²) in [4.78, 5) is 4.76. The number of anilines is 1. The first kappa shape index (κ1) is 13.1. The van der Waals surface area contributed by atoms with Gasteiger partial charge in [0.05, 0.1) is 10.2 Å². The highest BCUT2D eigenvalue weighted by atomic mass is 32.1. The van der Waals surface area contributed by atoms with Crippen LogP contribution in [0.1, 0.15) is 26.3 Å². The number of benzene rings is 2. The van der Waals surface area contributed by atoms with E-state index in [4.69, 9.17) is 10.7 Å². The second kappa shape index (κ2) is 4.60. The minimum atomic E-state index is 0.105. The van der Waals surface area contributed by atoms with Gasteiger partial charge in [-0.05, 0) is 29.2 Å². The molecule has 102 valence electrons.